The molecule has 124 valence electrons. The van der Waals surface area contributed by atoms with E-state index < -0.39 is 16.8 Å². The van der Waals surface area contributed by atoms with Gasteiger partial charge < -0.3 is 15.3 Å². The molecule has 0 aromatic carbocycles. The first-order chi connectivity index (χ1) is 10.3. The summed E-state index contributed by atoms with van der Waals surface area (Å²) < 4.78 is 0. The van der Waals surface area contributed by atoms with Crippen molar-refractivity contribution >= 4 is 11.9 Å². The van der Waals surface area contributed by atoms with Crippen molar-refractivity contribution in [1.82, 2.24) is 10.2 Å². The number of hydrogen-bond donors (Lipinski definition) is 2. The maximum Gasteiger partial charge on any atom is 0.319 e. The minimum Gasteiger partial charge on any atom is -0.480 e. The first-order valence-electron chi connectivity index (χ1n) is 8.59. The molecule has 0 spiro atoms. The minimum atomic E-state index is -1.19. The number of piperidine rings is 1. The highest BCUT2D eigenvalue weighted by atomic mass is 16.4. The zero-order valence-electron chi connectivity index (χ0n) is 13.7. The predicted molar refractivity (Wildman–Crippen MR) is 83.4 cm³/mol. The monoisotopic (exact) mass is 308 g/mol. The summed E-state index contributed by atoms with van der Waals surface area (Å²) in [6.45, 7) is 7.82. The van der Waals surface area contributed by atoms with Crippen molar-refractivity contribution in [3.8, 4) is 0 Å². The molecule has 3 rings (SSSR count). The Bertz CT molecular complexity index is 465. The van der Waals surface area contributed by atoms with Crippen LogP contribution in [0, 0.1) is 22.7 Å². The number of likely N-dealkylation sites (tertiary alicyclic amines) is 1. The van der Waals surface area contributed by atoms with E-state index in [9.17, 15) is 14.7 Å². The Balaban J connectivity index is 1.43. The van der Waals surface area contributed by atoms with Crippen molar-refractivity contribution in [2.45, 2.75) is 46.0 Å². The standard InChI is InChI=1S/C17H28N2O3/c1-16(2)11-17(16,15(21)22)14(20)18-9-12-5-7-19(8-6-12)10-13-3-4-13/h12-13H,3-11H2,1-2H3,(H,18,20)(H,21,22). The summed E-state index contributed by atoms with van der Waals surface area (Å²) in [6, 6.07) is 0. The van der Waals surface area contributed by atoms with Gasteiger partial charge in [0.25, 0.3) is 0 Å². The fourth-order valence-corrected chi connectivity index (χ4v) is 3.90. The van der Waals surface area contributed by atoms with E-state index in [0.29, 0.717) is 18.9 Å². The zero-order valence-corrected chi connectivity index (χ0v) is 13.7. The molecular weight excluding hydrogens is 280 g/mol. The maximum atomic E-state index is 12.3. The first-order valence-corrected chi connectivity index (χ1v) is 8.59. The Labute approximate surface area is 132 Å². The number of rotatable bonds is 6. The Hall–Kier alpha value is -1.10. The van der Waals surface area contributed by atoms with Gasteiger partial charge in [0.1, 0.15) is 0 Å². The van der Waals surface area contributed by atoms with Crippen molar-refractivity contribution < 1.29 is 14.7 Å². The molecule has 2 aliphatic carbocycles. The lowest BCUT2D eigenvalue weighted by Gasteiger charge is -2.32. The molecule has 0 aromatic heterocycles. The summed E-state index contributed by atoms with van der Waals surface area (Å²) in [5, 5.41) is 12.3. The van der Waals surface area contributed by atoms with Crippen LogP contribution < -0.4 is 5.32 Å². The van der Waals surface area contributed by atoms with Crippen LogP contribution in [0.1, 0.15) is 46.0 Å². The number of carbonyl (C=O) groups is 2. The molecule has 3 fully saturated rings. The minimum absolute atomic E-state index is 0.287. The van der Waals surface area contributed by atoms with Crippen LogP contribution in [0.25, 0.3) is 0 Å². The molecule has 5 heteroatoms. The van der Waals surface area contributed by atoms with Crippen LogP contribution in [0.5, 0.6) is 0 Å². The average Bonchev–Trinajstić information content (AvgIpc) is 3.35. The normalized spacial score (nSPS) is 31.7. The molecule has 1 saturated heterocycles. The second-order valence-electron chi connectivity index (χ2n) is 8.17. The second-order valence-corrected chi connectivity index (χ2v) is 8.17. The summed E-state index contributed by atoms with van der Waals surface area (Å²) in [7, 11) is 0. The van der Waals surface area contributed by atoms with Crippen LogP contribution in [-0.4, -0.2) is 48.1 Å². The van der Waals surface area contributed by atoms with Gasteiger partial charge in [-0.3, -0.25) is 9.59 Å². The smallest absolute Gasteiger partial charge is 0.319 e. The van der Waals surface area contributed by atoms with Crippen LogP contribution in [0.3, 0.4) is 0 Å². The molecule has 1 unspecified atom stereocenters. The first kappa shape index (κ1) is 15.8. The number of nitrogens with zero attached hydrogens (tertiary/aromatic N) is 1. The zero-order chi connectivity index (χ0) is 16.0. The molecule has 1 aliphatic heterocycles. The molecule has 22 heavy (non-hydrogen) atoms. The van der Waals surface area contributed by atoms with E-state index in [2.05, 4.69) is 10.2 Å². The number of hydrogen-bond acceptors (Lipinski definition) is 3. The Morgan fingerprint density at radius 2 is 1.73 bits per heavy atom. The molecule has 0 radical (unpaired) electrons. The summed E-state index contributed by atoms with van der Waals surface area (Å²) in [5.74, 6) is 0.163. The molecule has 2 N–H and O–H groups in total. The van der Waals surface area contributed by atoms with Crippen LogP contribution in [0.2, 0.25) is 0 Å². The van der Waals surface area contributed by atoms with Crippen molar-refractivity contribution in [3.63, 3.8) is 0 Å². The van der Waals surface area contributed by atoms with Gasteiger partial charge in [0.05, 0.1) is 0 Å². The van der Waals surface area contributed by atoms with Gasteiger partial charge in [0.15, 0.2) is 5.41 Å². The highest BCUT2D eigenvalue weighted by molar-refractivity contribution is 6.06. The van der Waals surface area contributed by atoms with Crippen molar-refractivity contribution in [1.29, 1.82) is 0 Å². The Morgan fingerprint density at radius 3 is 2.18 bits per heavy atom. The fourth-order valence-electron chi connectivity index (χ4n) is 3.90. The van der Waals surface area contributed by atoms with Gasteiger partial charge in [-0.05, 0) is 62.4 Å². The van der Waals surface area contributed by atoms with Crippen molar-refractivity contribution in [2.24, 2.45) is 22.7 Å². The van der Waals surface area contributed by atoms with Gasteiger partial charge in [-0.1, -0.05) is 13.8 Å². The van der Waals surface area contributed by atoms with Gasteiger partial charge in [-0.2, -0.15) is 0 Å². The third kappa shape index (κ3) is 2.87. The van der Waals surface area contributed by atoms with Crippen molar-refractivity contribution in [2.75, 3.05) is 26.2 Å². The van der Waals surface area contributed by atoms with Gasteiger partial charge in [0, 0.05) is 13.1 Å². The lowest BCUT2D eigenvalue weighted by atomic mass is 9.93. The predicted octanol–water partition coefficient (Wildman–Crippen LogP) is 1.73. The van der Waals surface area contributed by atoms with E-state index in [1.165, 1.54) is 19.4 Å². The number of carboxylic acids is 1. The van der Waals surface area contributed by atoms with Gasteiger partial charge in [-0.15, -0.1) is 0 Å². The van der Waals surface area contributed by atoms with E-state index in [-0.39, 0.29) is 5.91 Å². The average molecular weight is 308 g/mol. The highest BCUT2D eigenvalue weighted by Crippen LogP contribution is 2.63. The maximum absolute atomic E-state index is 12.3. The highest BCUT2D eigenvalue weighted by Gasteiger charge is 2.71. The molecule has 0 bridgehead atoms. The van der Waals surface area contributed by atoms with Crippen LogP contribution in [0.15, 0.2) is 0 Å². The lowest BCUT2D eigenvalue weighted by molar-refractivity contribution is -0.150. The van der Waals surface area contributed by atoms with E-state index >= 15 is 0 Å². The molecule has 3 aliphatic rings. The second kappa shape index (κ2) is 5.52. The Kier molecular flexibility index (Phi) is 3.96. The van der Waals surface area contributed by atoms with Gasteiger partial charge in [0.2, 0.25) is 5.91 Å². The SMILES string of the molecule is CC1(C)CC1(C(=O)O)C(=O)NCC1CCN(CC2CC2)CC1. The molecule has 5 nitrogen and oxygen atoms in total. The summed E-state index contributed by atoms with van der Waals surface area (Å²) in [6.07, 6.45) is 5.44. The number of nitrogens with one attached hydrogen (secondary N) is 1. The molecule has 0 aromatic rings. The lowest BCUT2D eigenvalue weighted by Crippen LogP contribution is -2.44. The molecule has 1 heterocycles. The van der Waals surface area contributed by atoms with Crippen LogP contribution in [-0.2, 0) is 9.59 Å². The summed E-state index contributed by atoms with van der Waals surface area (Å²) in [4.78, 5) is 26.4. The summed E-state index contributed by atoms with van der Waals surface area (Å²) >= 11 is 0. The third-order valence-electron chi connectivity index (χ3n) is 5.96. The quantitative estimate of drug-likeness (QED) is 0.733. The third-order valence-corrected chi connectivity index (χ3v) is 5.96. The molecule has 1 amide bonds. The number of carboxylic acid groups (broad SMARTS) is 1. The van der Waals surface area contributed by atoms with Crippen LogP contribution >= 0.6 is 0 Å². The largest absolute Gasteiger partial charge is 0.480 e. The topological polar surface area (TPSA) is 69.6 Å². The fraction of sp³-hybridized carbons (Fsp3) is 0.882. The number of carbonyl (C=O) groups excluding carboxylic acids is 1. The van der Waals surface area contributed by atoms with Crippen LogP contribution in [0.4, 0.5) is 0 Å². The molecule has 1 atom stereocenters. The number of amides is 1. The van der Waals surface area contributed by atoms with E-state index in [4.69, 9.17) is 0 Å². The Morgan fingerprint density at radius 1 is 1.14 bits per heavy atom. The van der Waals surface area contributed by atoms with Gasteiger partial charge in [-0.25, -0.2) is 0 Å². The summed E-state index contributed by atoms with van der Waals surface area (Å²) in [5.41, 5.74) is -1.61. The van der Waals surface area contributed by atoms with Gasteiger partial charge >= 0.3 is 5.97 Å². The number of aliphatic carboxylic acids is 1. The van der Waals surface area contributed by atoms with E-state index in [1.807, 2.05) is 13.8 Å². The van der Waals surface area contributed by atoms with E-state index in [0.717, 1.165) is 31.8 Å². The molecule has 2 saturated carbocycles. The van der Waals surface area contributed by atoms with E-state index in [1.54, 1.807) is 0 Å². The van der Waals surface area contributed by atoms with Crippen molar-refractivity contribution in [3.05, 3.63) is 0 Å². The molecular formula is C17H28N2O3.